The zero-order chi connectivity index (χ0) is 20.8. The van der Waals surface area contributed by atoms with Gasteiger partial charge in [0.05, 0.1) is 6.54 Å². The SMILES string of the molecule is NC(=O)CNC(=O)c1ccc(NC(=O)COc2ccc3cc(Br)ccc3c2)cc1. The van der Waals surface area contributed by atoms with Crippen molar-refractivity contribution >= 4 is 50.1 Å². The van der Waals surface area contributed by atoms with E-state index in [9.17, 15) is 14.4 Å². The quantitative estimate of drug-likeness (QED) is 0.508. The van der Waals surface area contributed by atoms with Crippen LogP contribution in [0.3, 0.4) is 0 Å². The fraction of sp³-hybridized carbons (Fsp3) is 0.0952. The summed E-state index contributed by atoms with van der Waals surface area (Å²) in [5, 5.41) is 7.16. The Morgan fingerprint density at radius 1 is 0.931 bits per heavy atom. The minimum Gasteiger partial charge on any atom is -0.484 e. The molecule has 0 atom stereocenters. The standard InChI is InChI=1S/C21H18BrN3O4/c22-16-5-1-15-10-18(8-4-14(15)9-16)29-12-20(27)25-17-6-2-13(3-7-17)21(28)24-11-19(23)26/h1-10H,11-12H2,(H2,23,26)(H,24,28)(H,25,27). The van der Waals surface area contributed by atoms with Gasteiger partial charge in [0.1, 0.15) is 5.75 Å². The zero-order valence-electron chi connectivity index (χ0n) is 15.3. The number of hydrogen-bond donors (Lipinski definition) is 3. The van der Waals surface area contributed by atoms with Gasteiger partial charge in [-0.1, -0.05) is 28.1 Å². The lowest BCUT2D eigenvalue weighted by Crippen LogP contribution is -2.33. The van der Waals surface area contributed by atoms with Crippen LogP contribution < -0.4 is 21.1 Å². The van der Waals surface area contributed by atoms with E-state index in [4.69, 9.17) is 10.5 Å². The molecular formula is C21H18BrN3O4. The Hall–Kier alpha value is -3.39. The predicted molar refractivity (Wildman–Crippen MR) is 114 cm³/mol. The summed E-state index contributed by atoms with van der Waals surface area (Å²) in [5.41, 5.74) is 5.86. The van der Waals surface area contributed by atoms with Crippen molar-refractivity contribution in [2.75, 3.05) is 18.5 Å². The molecule has 0 aliphatic carbocycles. The number of primary amides is 1. The van der Waals surface area contributed by atoms with Gasteiger partial charge in [-0.25, -0.2) is 0 Å². The lowest BCUT2D eigenvalue weighted by atomic mass is 10.1. The van der Waals surface area contributed by atoms with Gasteiger partial charge in [-0.05, 0) is 59.3 Å². The van der Waals surface area contributed by atoms with Crippen LogP contribution in [0.5, 0.6) is 5.75 Å². The number of rotatable bonds is 7. The van der Waals surface area contributed by atoms with Crippen LogP contribution in [-0.2, 0) is 9.59 Å². The summed E-state index contributed by atoms with van der Waals surface area (Å²) < 4.78 is 6.56. The molecule has 3 rings (SSSR count). The van der Waals surface area contributed by atoms with E-state index < -0.39 is 11.8 Å². The second-order valence-corrected chi connectivity index (χ2v) is 7.13. The van der Waals surface area contributed by atoms with E-state index in [0.717, 1.165) is 15.2 Å². The van der Waals surface area contributed by atoms with E-state index in [0.29, 0.717) is 17.0 Å². The highest BCUT2D eigenvalue weighted by Gasteiger charge is 2.08. The van der Waals surface area contributed by atoms with Crippen molar-refractivity contribution in [2.24, 2.45) is 5.73 Å². The molecule has 0 aromatic heterocycles. The smallest absolute Gasteiger partial charge is 0.262 e. The Morgan fingerprint density at radius 2 is 1.62 bits per heavy atom. The average molecular weight is 456 g/mol. The van der Waals surface area contributed by atoms with Crippen molar-refractivity contribution < 1.29 is 19.1 Å². The summed E-state index contributed by atoms with van der Waals surface area (Å²) in [7, 11) is 0. The van der Waals surface area contributed by atoms with Crippen LogP contribution >= 0.6 is 15.9 Å². The first-order valence-corrected chi connectivity index (χ1v) is 9.48. The van der Waals surface area contributed by atoms with E-state index in [1.54, 1.807) is 12.1 Å². The third kappa shape index (κ3) is 5.79. The van der Waals surface area contributed by atoms with Crippen molar-refractivity contribution in [3.63, 3.8) is 0 Å². The van der Waals surface area contributed by atoms with Gasteiger partial charge in [-0.3, -0.25) is 14.4 Å². The number of amides is 3. The van der Waals surface area contributed by atoms with Gasteiger partial charge in [0.25, 0.3) is 11.8 Å². The largest absolute Gasteiger partial charge is 0.484 e. The van der Waals surface area contributed by atoms with Gasteiger partial charge in [-0.15, -0.1) is 0 Å². The third-order valence-corrected chi connectivity index (χ3v) is 4.49. The second kappa shape index (κ2) is 9.20. The summed E-state index contributed by atoms with van der Waals surface area (Å²) in [5.74, 6) is -0.780. The molecule has 0 fully saturated rings. The Balaban J connectivity index is 1.53. The molecule has 3 aromatic carbocycles. The molecule has 148 valence electrons. The molecule has 0 heterocycles. The minimum absolute atomic E-state index is 0.150. The summed E-state index contributed by atoms with van der Waals surface area (Å²) in [6.45, 7) is -0.385. The number of nitrogens with one attached hydrogen (secondary N) is 2. The topological polar surface area (TPSA) is 111 Å². The van der Waals surface area contributed by atoms with E-state index in [1.165, 1.54) is 12.1 Å². The molecular weight excluding hydrogens is 438 g/mol. The monoisotopic (exact) mass is 455 g/mol. The molecule has 7 nitrogen and oxygen atoms in total. The number of carbonyl (C=O) groups is 3. The molecule has 4 N–H and O–H groups in total. The van der Waals surface area contributed by atoms with Crippen LogP contribution in [0, 0.1) is 0 Å². The number of ether oxygens (including phenoxy) is 1. The van der Waals surface area contributed by atoms with Gasteiger partial charge in [0.2, 0.25) is 5.91 Å². The number of benzene rings is 3. The fourth-order valence-corrected chi connectivity index (χ4v) is 2.98. The van der Waals surface area contributed by atoms with Crippen LogP contribution in [-0.4, -0.2) is 30.9 Å². The van der Waals surface area contributed by atoms with Crippen molar-refractivity contribution in [1.29, 1.82) is 0 Å². The molecule has 0 saturated carbocycles. The first kappa shape index (κ1) is 20.3. The maximum atomic E-state index is 12.1. The highest BCUT2D eigenvalue weighted by atomic mass is 79.9. The summed E-state index contributed by atoms with van der Waals surface area (Å²) in [6.07, 6.45) is 0. The number of carbonyl (C=O) groups excluding carboxylic acids is 3. The molecule has 29 heavy (non-hydrogen) atoms. The van der Waals surface area contributed by atoms with E-state index in [-0.39, 0.29) is 19.1 Å². The number of hydrogen-bond acceptors (Lipinski definition) is 4. The highest BCUT2D eigenvalue weighted by molar-refractivity contribution is 9.10. The maximum absolute atomic E-state index is 12.1. The Labute approximate surface area is 175 Å². The van der Waals surface area contributed by atoms with Gasteiger partial charge in [-0.2, -0.15) is 0 Å². The van der Waals surface area contributed by atoms with E-state index in [1.807, 2.05) is 36.4 Å². The molecule has 0 saturated heterocycles. The lowest BCUT2D eigenvalue weighted by Gasteiger charge is -2.09. The number of anilines is 1. The number of fused-ring (bicyclic) bond motifs is 1. The summed E-state index contributed by atoms with van der Waals surface area (Å²) >= 11 is 3.43. The number of halogens is 1. The van der Waals surface area contributed by atoms with Crippen LogP contribution in [0.25, 0.3) is 10.8 Å². The minimum atomic E-state index is -0.624. The Morgan fingerprint density at radius 3 is 2.34 bits per heavy atom. The van der Waals surface area contributed by atoms with Crippen LogP contribution in [0.1, 0.15) is 10.4 Å². The highest BCUT2D eigenvalue weighted by Crippen LogP contribution is 2.24. The zero-order valence-corrected chi connectivity index (χ0v) is 16.9. The van der Waals surface area contributed by atoms with Crippen molar-refractivity contribution in [3.8, 4) is 5.75 Å². The van der Waals surface area contributed by atoms with Gasteiger partial charge >= 0.3 is 0 Å². The summed E-state index contributed by atoms with van der Waals surface area (Å²) in [4.78, 5) is 34.6. The molecule has 3 aromatic rings. The van der Waals surface area contributed by atoms with Crippen molar-refractivity contribution in [2.45, 2.75) is 0 Å². The molecule has 8 heteroatoms. The molecule has 0 aliphatic heterocycles. The normalized spacial score (nSPS) is 10.4. The first-order chi connectivity index (χ1) is 13.9. The van der Waals surface area contributed by atoms with Crippen LogP contribution in [0.4, 0.5) is 5.69 Å². The summed E-state index contributed by atoms with van der Waals surface area (Å²) in [6, 6.07) is 17.8. The van der Waals surface area contributed by atoms with E-state index >= 15 is 0 Å². The lowest BCUT2D eigenvalue weighted by molar-refractivity contribution is -0.118. The Kier molecular flexibility index (Phi) is 6.46. The Bertz CT molecular complexity index is 1070. The van der Waals surface area contributed by atoms with Crippen molar-refractivity contribution in [3.05, 3.63) is 70.7 Å². The molecule has 0 unspecified atom stereocenters. The van der Waals surface area contributed by atoms with Crippen LogP contribution in [0.15, 0.2) is 65.1 Å². The van der Waals surface area contributed by atoms with Crippen LogP contribution in [0.2, 0.25) is 0 Å². The molecule has 3 amide bonds. The number of nitrogens with two attached hydrogens (primary N) is 1. The van der Waals surface area contributed by atoms with Gasteiger partial charge in [0, 0.05) is 15.7 Å². The van der Waals surface area contributed by atoms with Gasteiger partial charge in [0.15, 0.2) is 6.61 Å². The molecule has 0 radical (unpaired) electrons. The second-order valence-electron chi connectivity index (χ2n) is 6.22. The molecule has 0 spiro atoms. The van der Waals surface area contributed by atoms with E-state index in [2.05, 4.69) is 26.6 Å². The first-order valence-electron chi connectivity index (χ1n) is 8.69. The van der Waals surface area contributed by atoms with Gasteiger partial charge < -0.3 is 21.1 Å². The average Bonchev–Trinajstić information content (AvgIpc) is 2.71. The predicted octanol–water partition coefficient (Wildman–Crippen LogP) is 2.83. The fourth-order valence-electron chi connectivity index (χ4n) is 2.60. The maximum Gasteiger partial charge on any atom is 0.262 e. The molecule has 0 bridgehead atoms. The third-order valence-electron chi connectivity index (χ3n) is 4.00. The van der Waals surface area contributed by atoms with Crippen molar-refractivity contribution in [1.82, 2.24) is 5.32 Å². The molecule has 0 aliphatic rings.